The Hall–Kier alpha value is -2.79. The number of rotatable bonds is 7. The summed E-state index contributed by atoms with van der Waals surface area (Å²) in [6.07, 6.45) is 2.13. The Morgan fingerprint density at radius 3 is 2.33 bits per heavy atom. The van der Waals surface area contributed by atoms with E-state index in [1.807, 2.05) is 12.1 Å². The number of ether oxygens (including phenoxy) is 1. The lowest BCUT2D eigenvalue weighted by Crippen LogP contribution is -2.27. The van der Waals surface area contributed by atoms with Gasteiger partial charge in [-0.1, -0.05) is 26.0 Å². The lowest BCUT2D eigenvalue weighted by molar-refractivity contribution is 0.293. The predicted octanol–water partition coefficient (Wildman–Crippen LogP) is 4.31. The average Bonchev–Trinajstić information content (AvgIpc) is 3.27. The quantitative estimate of drug-likeness (QED) is 0.491. The molecule has 0 amide bonds. The molecule has 0 saturated heterocycles. The van der Waals surface area contributed by atoms with Crippen LogP contribution in [0.2, 0.25) is 0 Å². The second kappa shape index (κ2) is 7.45. The summed E-state index contributed by atoms with van der Waals surface area (Å²) in [4.78, 5) is 7.41. The lowest BCUT2D eigenvalue weighted by atomic mass is 10.2. The van der Waals surface area contributed by atoms with Gasteiger partial charge >= 0.3 is 0 Å². The van der Waals surface area contributed by atoms with E-state index in [-0.39, 0.29) is 0 Å². The number of para-hydroxylation sites is 2. The van der Waals surface area contributed by atoms with Gasteiger partial charge in [0.25, 0.3) is 0 Å². The molecule has 140 valence electrons. The Labute approximate surface area is 159 Å². The number of nitrogens with zero attached hydrogens (tertiary/aromatic N) is 4. The van der Waals surface area contributed by atoms with Crippen molar-refractivity contribution in [2.75, 3.05) is 26.7 Å². The van der Waals surface area contributed by atoms with Crippen LogP contribution in [0.4, 0.5) is 0 Å². The van der Waals surface area contributed by atoms with Gasteiger partial charge in [0, 0.05) is 24.8 Å². The fraction of sp³-hybridized carbons (Fsp3) is 0.318. The van der Waals surface area contributed by atoms with Crippen molar-refractivity contribution in [1.82, 2.24) is 18.9 Å². The molecular formula is C22H26N4O. The first-order valence-corrected chi connectivity index (χ1v) is 9.58. The fourth-order valence-electron chi connectivity index (χ4n) is 3.64. The zero-order valence-corrected chi connectivity index (χ0v) is 16.2. The van der Waals surface area contributed by atoms with Crippen LogP contribution in [0, 0.1) is 0 Å². The second-order valence-corrected chi connectivity index (χ2v) is 6.69. The van der Waals surface area contributed by atoms with Crippen molar-refractivity contribution in [2.45, 2.75) is 20.4 Å². The van der Waals surface area contributed by atoms with Crippen molar-refractivity contribution < 1.29 is 4.74 Å². The molecule has 0 saturated carbocycles. The van der Waals surface area contributed by atoms with Gasteiger partial charge in [-0.25, -0.2) is 4.98 Å². The number of hydrogen-bond donors (Lipinski definition) is 0. The van der Waals surface area contributed by atoms with Crippen LogP contribution >= 0.6 is 0 Å². The van der Waals surface area contributed by atoms with Crippen molar-refractivity contribution in [3.05, 3.63) is 54.7 Å². The van der Waals surface area contributed by atoms with Crippen LogP contribution in [-0.2, 0) is 6.54 Å². The zero-order chi connectivity index (χ0) is 18.8. The molecule has 4 aromatic rings. The van der Waals surface area contributed by atoms with Gasteiger partial charge in [0.2, 0.25) is 5.78 Å². The van der Waals surface area contributed by atoms with Crippen LogP contribution in [0.1, 0.15) is 13.8 Å². The summed E-state index contributed by atoms with van der Waals surface area (Å²) in [6.45, 7) is 8.51. The van der Waals surface area contributed by atoms with Gasteiger partial charge < -0.3 is 14.2 Å². The Bertz CT molecular complexity index is 1040. The topological polar surface area (TPSA) is 34.7 Å². The van der Waals surface area contributed by atoms with Gasteiger partial charge in [0.1, 0.15) is 5.75 Å². The van der Waals surface area contributed by atoms with Gasteiger partial charge in [0.15, 0.2) is 0 Å². The third-order valence-electron chi connectivity index (χ3n) is 5.28. The number of fused-ring (bicyclic) bond motifs is 3. The summed E-state index contributed by atoms with van der Waals surface area (Å²) < 4.78 is 9.81. The predicted molar refractivity (Wildman–Crippen MR) is 110 cm³/mol. The molecule has 2 aromatic carbocycles. The number of imidazole rings is 2. The maximum absolute atomic E-state index is 5.27. The first kappa shape index (κ1) is 17.6. The van der Waals surface area contributed by atoms with E-state index in [0.29, 0.717) is 0 Å². The monoisotopic (exact) mass is 362 g/mol. The first-order valence-electron chi connectivity index (χ1n) is 9.58. The maximum atomic E-state index is 5.27. The van der Waals surface area contributed by atoms with Crippen molar-refractivity contribution >= 4 is 16.8 Å². The molecular weight excluding hydrogens is 336 g/mol. The molecule has 0 bridgehead atoms. The summed E-state index contributed by atoms with van der Waals surface area (Å²) in [5.41, 5.74) is 4.50. The Kier molecular flexibility index (Phi) is 4.86. The number of likely N-dealkylation sites (N-methyl/N-ethyl adjacent to an activating group) is 1. The minimum Gasteiger partial charge on any atom is -0.497 e. The van der Waals surface area contributed by atoms with E-state index in [2.05, 4.69) is 70.3 Å². The van der Waals surface area contributed by atoms with Gasteiger partial charge in [-0.2, -0.15) is 0 Å². The van der Waals surface area contributed by atoms with Crippen molar-refractivity contribution in [1.29, 1.82) is 0 Å². The highest BCUT2D eigenvalue weighted by molar-refractivity contribution is 5.82. The summed E-state index contributed by atoms with van der Waals surface area (Å²) in [7, 11) is 1.69. The largest absolute Gasteiger partial charge is 0.497 e. The van der Waals surface area contributed by atoms with Crippen molar-refractivity contribution in [3.63, 3.8) is 0 Å². The SMILES string of the molecule is CCN(CC)CCn1c2ccccc2n2cc(-c3ccc(OC)cc3)nc12. The van der Waals surface area contributed by atoms with E-state index < -0.39 is 0 Å². The number of methoxy groups -OCH3 is 1. The highest BCUT2D eigenvalue weighted by Gasteiger charge is 2.15. The Morgan fingerprint density at radius 1 is 0.963 bits per heavy atom. The summed E-state index contributed by atoms with van der Waals surface area (Å²) in [5.74, 6) is 1.85. The Balaban J connectivity index is 1.78. The molecule has 0 atom stereocenters. The van der Waals surface area contributed by atoms with E-state index in [4.69, 9.17) is 9.72 Å². The second-order valence-electron chi connectivity index (χ2n) is 6.69. The summed E-state index contributed by atoms with van der Waals surface area (Å²) in [6, 6.07) is 16.6. The van der Waals surface area contributed by atoms with Crippen LogP contribution in [0.3, 0.4) is 0 Å². The molecule has 27 heavy (non-hydrogen) atoms. The number of aromatic nitrogens is 3. The number of hydrogen-bond acceptors (Lipinski definition) is 3. The third kappa shape index (κ3) is 3.19. The summed E-state index contributed by atoms with van der Waals surface area (Å²) in [5, 5.41) is 0. The van der Waals surface area contributed by atoms with Crippen LogP contribution in [-0.4, -0.2) is 45.6 Å². The highest BCUT2D eigenvalue weighted by atomic mass is 16.5. The molecule has 0 spiro atoms. The van der Waals surface area contributed by atoms with Crippen LogP contribution in [0.25, 0.3) is 28.1 Å². The van der Waals surface area contributed by atoms with Crippen molar-refractivity contribution in [2.24, 2.45) is 0 Å². The van der Waals surface area contributed by atoms with Crippen LogP contribution < -0.4 is 4.74 Å². The third-order valence-corrected chi connectivity index (χ3v) is 5.28. The standard InChI is InChI=1S/C22H26N4O/c1-4-24(5-2)14-15-25-20-8-6-7-9-21(20)26-16-19(23-22(25)26)17-10-12-18(27-3)13-11-17/h6-13,16H,4-5,14-15H2,1-3H3. The van der Waals surface area contributed by atoms with Crippen LogP contribution in [0.5, 0.6) is 5.75 Å². The Morgan fingerprint density at radius 2 is 1.67 bits per heavy atom. The van der Waals surface area contributed by atoms with E-state index in [1.165, 1.54) is 11.0 Å². The van der Waals surface area contributed by atoms with Crippen LogP contribution in [0.15, 0.2) is 54.7 Å². The van der Waals surface area contributed by atoms with Crippen molar-refractivity contribution in [3.8, 4) is 17.0 Å². The fourth-order valence-corrected chi connectivity index (χ4v) is 3.64. The van der Waals surface area contributed by atoms with E-state index in [1.54, 1.807) is 7.11 Å². The molecule has 5 nitrogen and oxygen atoms in total. The molecule has 0 aliphatic carbocycles. The molecule has 0 aliphatic rings. The van der Waals surface area contributed by atoms with Gasteiger partial charge in [-0.3, -0.25) is 4.40 Å². The minimum atomic E-state index is 0.858. The van der Waals surface area contributed by atoms with E-state index >= 15 is 0 Å². The molecule has 0 fully saturated rings. The van der Waals surface area contributed by atoms with Gasteiger partial charge in [0.05, 0.1) is 23.8 Å². The van der Waals surface area contributed by atoms with E-state index in [0.717, 1.165) is 49.0 Å². The minimum absolute atomic E-state index is 0.858. The molecule has 0 aliphatic heterocycles. The normalized spacial score (nSPS) is 11.7. The zero-order valence-electron chi connectivity index (χ0n) is 16.2. The lowest BCUT2D eigenvalue weighted by Gasteiger charge is -2.18. The van der Waals surface area contributed by atoms with Gasteiger partial charge in [-0.05, 0) is 49.5 Å². The molecule has 4 rings (SSSR count). The molecule has 0 radical (unpaired) electrons. The summed E-state index contributed by atoms with van der Waals surface area (Å²) >= 11 is 0. The maximum Gasteiger partial charge on any atom is 0.215 e. The molecule has 0 unspecified atom stereocenters. The van der Waals surface area contributed by atoms with E-state index in [9.17, 15) is 0 Å². The molecule has 2 aromatic heterocycles. The average molecular weight is 362 g/mol. The first-order chi connectivity index (χ1) is 13.2. The van der Waals surface area contributed by atoms with Gasteiger partial charge in [-0.15, -0.1) is 0 Å². The number of benzene rings is 2. The molecule has 5 heteroatoms. The highest BCUT2D eigenvalue weighted by Crippen LogP contribution is 2.26. The molecule has 2 heterocycles. The molecule has 0 N–H and O–H groups in total. The smallest absolute Gasteiger partial charge is 0.215 e.